The van der Waals surface area contributed by atoms with E-state index in [1.807, 2.05) is 25.1 Å². The van der Waals surface area contributed by atoms with E-state index in [1.165, 1.54) is 0 Å². The van der Waals surface area contributed by atoms with Crippen LogP contribution in [0.2, 0.25) is 0 Å². The van der Waals surface area contributed by atoms with Crippen LogP contribution in [0.1, 0.15) is 13.3 Å². The molecule has 0 heterocycles. The molecule has 16 heavy (non-hydrogen) atoms. The van der Waals surface area contributed by atoms with E-state index in [4.69, 9.17) is 5.73 Å². The molecular formula is C11H16IN3O. The highest BCUT2D eigenvalue weighted by molar-refractivity contribution is 14.1. The molecule has 1 aromatic carbocycles. The number of nitrogen functional groups attached to an aromatic ring is 1. The molecule has 0 bridgehead atoms. The van der Waals surface area contributed by atoms with Crippen LogP contribution in [0.5, 0.6) is 0 Å². The average Bonchev–Trinajstić information content (AvgIpc) is 2.22. The summed E-state index contributed by atoms with van der Waals surface area (Å²) in [5, 5.41) is 5.96. The van der Waals surface area contributed by atoms with Gasteiger partial charge in [-0.15, -0.1) is 0 Å². The first-order valence-electron chi connectivity index (χ1n) is 5.19. The smallest absolute Gasteiger partial charge is 0.221 e. The van der Waals surface area contributed by atoms with Crippen LogP contribution >= 0.6 is 22.6 Å². The quantitative estimate of drug-likeness (QED) is 0.569. The zero-order valence-corrected chi connectivity index (χ0v) is 11.4. The molecule has 4 nitrogen and oxygen atoms in total. The van der Waals surface area contributed by atoms with Gasteiger partial charge in [-0.3, -0.25) is 4.79 Å². The zero-order valence-electron chi connectivity index (χ0n) is 9.22. The van der Waals surface area contributed by atoms with Crippen molar-refractivity contribution >= 4 is 39.9 Å². The van der Waals surface area contributed by atoms with Crippen LogP contribution in [-0.2, 0) is 4.79 Å². The summed E-state index contributed by atoms with van der Waals surface area (Å²) in [6, 6.07) is 5.67. The van der Waals surface area contributed by atoms with Crippen molar-refractivity contribution in [1.29, 1.82) is 0 Å². The maximum absolute atomic E-state index is 11.2. The molecule has 1 rings (SSSR count). The highest BCUT2D eigenvalue weighted by atomic mass is 127. The predicted octanol–water partition coefficient (Wildman–Crippen LogP) is 1.81. The Morgan fingerprint density at radius 1 is 1.50 bits per heavy atom. The molecule has 0 aliphatic rings. The third kappa shape index (κ3) is 4.26. The normalized spacial score (nSPS) is 9.88. The molecule has 5 heteroatoms. The Kier molecular flexibility index (Phi) is 5.37. The third-order valence-electron chi connectivity index (χ3n) is 2.03. The Bertz CT molecular complexity index is 368. The van der Waals surface area contributed by atoms with Gasteiger partial charge in [0.2, 0.25) is 5.91 Å². The van der Waals surface area contributed by atoms with Gasteiger partial charge in [0.25, 0.3) is 0 Å². The van der Waals surface area contributed by atoms with E-state index in [0.29, 0.717) is 19.5 Å². The van der Waals surface area contributed by atoms with Crippen molar-refractivity contribution in [2.45, 2.75) is 13.3 Å². The topological polar surface area (TPSA) is 67.2 Å². The lowest BCUT2D eigenvalue weighted by Crippen LogP contribution is -2.24. The summed E-state index contributed by atoms with van der Waals surface area (Å²) in [6.07, 6.45) is 0.480. The number of anilines is 2. The number of hydrogen-bond donors (Lipinski definition) is 3. The number of benzene rings is 1. The van der Waals surface area contributed by atoms with Gasteiger partial charge in [0.05, 0.1) is 0 Å². The molecule has 0 spiro atoms. The lowest BCUT2D eigenvalue weighted by Gasteiger charge is -2.08. The lowest BCUT2D eigenvalue weighted by molar-refractivity contribution is -0.120. The van der Waals surface area contributed by atoms with Crippen LogP contribution in [0.4, 0.5) is 11.4 Å². The number of hydrogen-bond acceptors (Lipinski definition) is 3. The lowest BCUT2D eigenvalue weighted by atomic mass is 10.3. The summed E-state index contributed by atoms with van der Waals surface area (Å²) >= 11 is 2.22. The molecule has 0 aliphatic carbocycles. The molecule has 4 N–H and O–H groups in total. The first-order valence-corrected chi connectivity index (χ1v) is 6.27. The Balaban J connectivity index is 2.40. The number of nitrogens with two attached hydrogens (primary N) is 1. The van der Waals surface area contributed by atoms with Crippen LogP contribution in [0, 0.1) is 3.57 Å². The van der Waals surface area contributed by atoms with Crippen molar-refractivity contribution in [2.24, 2.45) is 0 Å². The third-order valence-corrected chi connectivity index (χ3v) is 2.93. The Morgan fingerprint density at radius 2 is 2.25 bits per heavy atom. The number of halogens is 1. The summed E-state index contributed by atoms with van der Waals surface area (Å²) in [5.74, 6) is 0.0699. The molecule has 88 valence electrons. The molecule has 1 aromatic rings. The second-order valence-electron chi connectivity index (χ2n) is 3.37. The Labute approximate surface area is 109 Å². The van der Waals surface area contributed by atoms with Gasteiger partial charge in [-0.25, -0.2) is 0 Å². The van der Waals surface area contributed by atoms with E-state index in [2.05, 4.69) is 33.2 Å². The molecule has 0 unspecified atom stereocenters. The standard InChI is InChI=1S/C11H16IN3O/c1-2-14-11(16)5-6-15-10-4-3-8(13)7-9(10)12/h3-4,7,15H,2,5-6,13H2,1H3,(H,14,16). The minimum absolute atomic E-state index is 0.0699. The number of carbonyl (C=O) groups is 1. The Hall–Kier alpha value is -0.980. The molecule has 1 amide bonds. The highest BCUT2D eigenvalue weighted by Crippen LogP contribution is 2.20. The second kappa shape index (κ2) is 6.57. The summed E-state index contributed by atoms with van der Waals surface area (Å²) in [7, 11) is 0. The predicted molar refractivity (Wildman–Crippen MR) is 75.4 cm³/mol. The molecule has 0 fully saturated rings. The van der Waals surface area contributed by atoms with Gasteiger partial charge in [-0.05, 0) is 47.7 Å². The minimum atomic E-state index is 0.0699. The fraction of sp³-hybridized carbons (Fsp3) is 0.364. The molecule has 0 saturated carbocycles. The van der Waals surface area contributed by atoms with Crippen LogP contribution in [-0.4, -0.2) is 19.0 Å². The van der Waals surface area contributed by atoms with Crippen molar-refractivity contribution in [2.75, 3.05) is 24.1 Å². The molecule has 0 saturated heterocycles. The van der Waals surface area contributed by atoms with Crippen molar-refractivity contribution in [3.63, 3.8) is 0 Å². The van der Waals surface area contributed by atoms with Crippen LogP contribution < -0.4 is 16.4 Å². The van der Waals surface area contributed by atoms with Crippen molar-refractivity contribution in [1.82, 2.24) is 5.32 Å². The van der Waals surface area contributed by atoms with Gasteiger partial charge in [-0.1, -0.05) is 0 Å². The van der Waals surface area contributed by atoms with Crippen molar-refractivity contribution in [3.05, 3.63) is 21.8 Å². The summed E-state index contributed by atoms with van der Waals surface area (Å²) in [6.45, 7) is 3.22. The highest BCUT2D eigenvalue weighted by Gasteiger charge is 2.01. The summed E-state index contributed by atoms with van der Waals surface area (Å²) in [5.41, 5.74) is 7.41. The van der Waals surface area contributed by atoms with E-state index in [1.54, 1.807) is 0 Å². The molecule has 0 atom stereocenters. The molecule has 0 radical (unpaired) electrons. The van der Waals surface area contributed by atoms with Crippen molar-refractivity contribution in [3.8, 4) is 0 Å². The average molecular weight is 333 g/mol. The van der Waals surface area contributed by atoms with Crippen LogP contribution in [0.15, 0.2) is 18.2 Å². The van der Waals surface area contributed by atoms with Crippen LogP contribution in [0.3, 0.4) is 0 Å². The van der Waals surface area contributed by atoms with Gasteiger partial charge in [0.15, 0.2) is 0 Å². The first-order chi connectivity index (χ1) is 7.63. The largest absolute Gasteiger partial charge is 0.399 e. The summed E-state index contributed by atoms with van der Waals surface area (Å²) in [4.78, 5) is 11.2. The second-order valence-corrected chi connectivity index (χ2v) is 4.53. The fourth-order valence-electron chi connectivity index (χ4n) is 1.27. The van der Waals surface area contributed by atoms with E-state index < -0.39 is 0 Å². The van der Waals surface area contributed by atoms with Crippen LogP contribution in [0.25, 0.3) is 0 Å². The van der Waals surface area contributed by atoms with Gasteiger partial charge in [-0.2, -0.15) is 0 Å². The maximum Gasteiger partial charge on any atom is 0.221 e. The number of nitrogens with one attached hydrogen (secondary N) is 2. The SMILES string of the molecule is CCNC(=O)CCNc1ccc(N)cc1I. The molecular weight excluding hydrogens is 317 g/mol. The molecule has 0 aliphatic heterocycles. The van der Waals surface area contributed by atoms with Gasteiger partial charge >= 0.3 is 0 Å². The van der Waals surface area contributed by atoms with E-state index in [0.717, 1.165) is 14.9 Å². The number of carbonyl (C=O) groups excluding carboxylic acids is 1. The van der Waals surface area contributed by atoms with Crippen molar-refractivity contribution < 1.29 is 4.79 Å². The van der Waals surface area contributed by atoms with Gasteiger partial charge in [0, 0.05) is 34.5 Å². The van der Waals surface area contributed by atoms with E-state index >= 15 is 0 Å². The van der Waals surface area contributed by atoms with E-state index in [9.17, 15) is 4.79 Å². The summed E-state index contributed by atoms with van der Waals surface area (Å²) < 4.78 is 1.06. The number of amides is 1. The number of rotatable bonds is 5. The first kappa shape index (κ1) is 13.1. The zero-order chi connectivity index (χ0) is 12.0. The van der Waals surface area contributed by atoms with Gasteiger partial charge < -0.3 is 16.4 Å². The monoisotopic (exact) mass is 333 g/mol. The minimum Gasteiger partial charge on any atom is -0.399 e. The Morgan fingerprint density at radius 3 is 2.88 bits per heavy atom. The fourth-order valence-corrected chi connectivity index (χ4v) is 2.00. The molecule has 0 aromatic heterocycles. The maximum atomic E-state index is 11.2. The van der Waals surface area contributed by atoms with Gasteiger partial charge in [0.1, 0.15) is 0 Å². The van der Waals surface area contributed by atoms with E-state index in [-0.39, 0.29) is 5.91 Å².